The van der Waals surface area contributed by atoms with Crippen LogP contribution in [0, 0.1) is 0 Å². The molecule has 1 aromatic rings. The number of benzene rings is 1. The molecule has 2 aliphatic heterocycles. The first-order valence-corrected chi connectivity index (χ1v) is 10.9. The molecule has 2 heterocycles. The predicted octanol–water partition coefficient (Wildman–Crippen LogP) is 1.23. The van der Waals surface area contributed by atoms with Crippen molar-refractivity contribution < 1.29 is 19.1 Å². The van der Waals surface area contributed by atoms with Crippen molar-refractivity contribution in [3.05, 3.63) is 29.8 Å². The van der Waals surface area contributed by atoms with E-state index in [2.05, 4.69) is 21.7 Å². The SMILES string of the molecule is CCOC(=O)N1CCC(NC(=NCC(=O)N(C)C)NCC2Cc3ccccc3O2)CC1. The first kappa shape index (κ1) is 22.7. The number of piperidine rings is 1. The molecule has 0 bridgehead atoms. The lowest BCUT2D eigenvalue weighted by molar-refractivity contribution is -0.127. The third kappa shape index (κ3) is 6.50. The number of aliphatic imine (C=N–C) groups is 1. The van der Waals surface area contributed by atoms with Gasteiger partial charge in [0.05, 0.1) is 13.2 Å². The van der Waals surface area contributed by atoms with E-state index in [1.165, 1.54) is 10.5 Å². The lowest BCUT2D eigenvalue weighted by Gasteiger charge is -2.32. The molecular weight excluding hydrogens is 398 g/mol. The summed E-state index contributed by atoms with van der Waals surface area (Å²) >= 11 is 0. The van der Waals surface area contributed by atoms with Crippen LogP contribution in [-0.4, -0.2) is 86.8 Å². The molecule has 170 valence electrons. The summed E-state index contributed by atoms with van der Waals surface area (Å²) in [5.74, 6) is 1.45. The second-order valence-corrected chi connectivity index (χ2v) is 7.99. The maximum absolute atomic E-state index is 12.0. The summed E-state index contributed by atoms with van der Waals surface area (Å²) in [6, 6.07) is 8.21. The number of likely N-dealkylation sites (tertiary alicyclic amines) is 1. The van der Waals surface area contributed by atoms with Gasteiger partial charge in [-0.15, -0.1) is 0 Å². The topological polar surface area (TPSA) is 95.5 Å². The number of ether oxygens (including phenoxy) is 2. The van der Waals surface area contributed by atoms with Crippen molar-refractivity contribution >= 4 is 18.0 Å². The highest BCUT2D eigenvalue weighted by Gasteiger charge is 2.26. The second-order valence-electron chi connectivity index (χ2n) is 7.99. The molecule has 0 spiro atoms. The van der Waals surface area contributed by atoms with Crippen molar-refractivity contribution in [1.82, 2.24) is 20.4 Å². The van der Waals surface area contributed by atoms with Gasteiger partial charge in [0.1, 0.15) is 18.4 Å². The van der Waals surface area contributed by atoms with E-state index in [9.17, 15) is 9.59 Å². The average molecular weight is 432 g/mol. The Bertz CT molecular complexity index is 765. The van der Waals surface area contributed by atoms with E-state index in [-0.39, 0.29) is 30.7 Å². The Hall–Kier alpha value is -2.97. The van der Waals surface area contributed by atoms with Gasteiger partial charge in [-0.3, -0.25) is 4.79 Å². The highest BCUT2D eigenvalue weighted by atomic mass is 16.6. The van der Waals surface area contributed by atoms with Crippen LogP contribution in [0.2, 0.25) is 0 Å². The predicted molar refractivity (Wildman–Crippen MR) is 118 cm³/mol. The molecule has 9 heteroatoms. The van der Waals surface area contributed by atoms with Crippen LogP contribution in [0.1, 0.15) is 25.3 Å². The number of nitrogens with one attached hydrogen (secondary N) is 2. The van der Waals surface area contributed by atoms with E-state index in [4.69, 9.17) is 9.47 Å². The zero-order valence-corrected chi connectivity index (χ0v) is 18.6. The Kier molecular flexibility index (Phi) is 7.97. The minimum absolute atomic E-state index is 0.0135. The first-order valence-electron chi connectivity index (χ1n) is 10.9. The fourth-order valence-corrected chi connectivity index (χ4v) is 3.63. The third-order valence-electron chi connectivity index (χ3n) is 5.44. The smallest absolute Gasteiger partial charge is 0.409 e. The van der Waals surface area contributed by atoms with Crippen LogP contribution in [0.3, 0.4) is 0 Å². The van der Waals surface area contributed by atoms with Crippen LogP contribution in [0.4, 0.5) is 4.79 Å². The Morgan fingerprint density at radius 3 is 2.68 bits per heavy atom. The lowest BCUT2D eigenvalue weighted by Crippen LogP contribution is -2.51. The number of guanidine groups is 1. The van der Waals surface area contributed by atoms with Crippen molar-refractivity contribution in [3.8, 4) is 5.75 Å². The number of nitrogens with zero attached hydrogens (tertiary/aromatic N) is 3. The van der Waals surface area contributed by atoms with E-state index in [1.54, 1.807) is 19.0 Å². The van der Waals surface area contributed by atoms with E-state index in [0.717, 1.165) is 25.0 Å². The van der Waals surface area contributed by atoms with Gasteiger partial charge in [0.15, 0.2) is 5.96 Å². The fraction of sp³-hybridized carbons (Fsp3) is 0.591. The Labute approximate surface area is 183 Å². The molecule has 0 saturated carbocycles. The molecule has 2 amide bonds. The molecule has 1 atom stereocenters. The van der Waals surface area contributed by atoms with E-state index in [1.807, 2.05) is 25.1 Å². The molecule has 1 saturated heterocycles. The summed E-state index contributed by atoms with van der Waals surface area (Å²) in [6.07, 6.45) is 2.16. The number of hydrogen-bond acceptors (Lipinski definition) is 5. The van der Waals surface area contributed by atoms with Crippen molar-refractivity contribution in [2.24, 2.45) is 4.99 Å². The van der Waals surface area contributed by atoms with Crippen LogP contribution in [0.25, 0.3) is 0 Å². The molecule has 2 aliphatic rings. The number of hydrogen-bond donors (Lipinski definition) is 2. The largest absolute Gasteiger partial charge is 0.488 e. The van der Waals surface area contributed by atoms with Gasteiger partial charge in [-0.25, -0.2) is 9.79 Å². The van der Waals surface area contributed by atoms with Gasteiger partial charge in [0.2, 0.25) is 5.91 Å². The number of rotatable bonds is 6. The Morgan fingerprint density at radius 1 is 1.26 bits per heavy atom. The normalized spacial score (nSPS) is 18.7. The monoisotopic (exact) mass is 431 g/mol. The molecule has 0 radical (unpaired) electrons. The van der Waals surface area contributed by atoms with Gasteiger partial charge in [0.25, 0.3) is 0 Å². The van der Waals surface area contributed by atoms with Gasteiger partial charge >= 0.3 is 6.09 Å². The average Bonchev–Trinajstić information content (AvgIpc) is 3.19. The molecule has 1 aromatic carbocycles. The number of para-hydroxylation sites is 1. The summed E-state index contributed by atoms with van der Waals surface area (Å²) in [4.78, 5) is 31.6. The summed E-state index contributed by atoms with van der Waals surface area (Å²) in [5, 5.41) is 6.75. The van der Waals surface area contributed by atoms with Gasteiger partial charge < -0.3 is 29.9 Å². The molecule has 9 nitrogen and oxygen atoms in total. The molecule has 0 aromatic heterocycles. The standard InChI is InChI=1S/C22H33N5O4/c1-4-30-22(29)27-11-9-17(10-12-27)25-21(24-15-20(28)26(2)3)23-14-18-13-16-7-5-6-8-19(16)31-18/h5-8,17-18H,4,9-15H2,1-3H3,(H2,23,24,25). The van der Waals surface area contributed by atoms with Crippen molar-refractivity contribution in [2.45, 2.75) is 38.3 Å². The molecule has 3 rings (SSSR count). The van der Waals surface area contributed by atoms with Crippen LogP contribution in [0.5, 0.6) is 5.75 Å². The second kappa shape index (κ2) is 10.9. The van der Waals surface area contributed by atoms with Crippen LogP contribution < -0.4 is 15.4 Å². The van der Waals surface area contributed by atoms with E-state index < -0.39 is 0 Å². The van der Waals surface area contributed by atoms with E-state index in [0.29, 0.717) is 32.2 Å². The van der Waals surface area contributed by atoms with Gasteiger partial charge in [-0.2, -0.15) is 0 Å². The van der Waals surface area contributed by atoms with E-state index >= 15 is 0 Å². The summed E-state index contributed by atoms with van der Waals surface area (Å²) in [6.45, 7) is 4.09. The number of carbonyl (C=O) groups excluding carboxylic acids is 2. The molecule has 1 fully saturated rings. The summed E-state index contributed by atoms with van der Waals surface area (Å²) < 4.78 is 11.1. The van der Waals surface area contributed by atoms with Crippen LogP contribution in [-0.2, 0) is 16.0 Å². The Balaban J connectivity index is 1.54. The summed E-state index contributed by atoms with van der Waals surface area (Å²) in [7, 11) is 3.43. The molecule has 1 unspecified atom stereocenters. The number of fused-ring (bicyclic) bond motifs is 1. The van der Waals surface area contributed by atoms with Gasteiger partial charge in [-0.1, -0.05) is 18.2 Å². The highest BCUT2D eigenvalue weighted by molar-refractivity contribution is 5.85. The zero-order chi connectivity index (χ0) is 22.2. The van der Waals surface area contributed by atoms with Gasteiger partial charge in [0, 0.05) is 39.6 Å². The number of carbonyl (C=O) groups is 2. The molecule has 31 heavy (non-hydrogen) atoms. The molecular formula is C22H33N5O4. The summed E-state index contributed by atoms with van der Waals surface area (Å²) in [5.41, 5.74) is 1.20. The fourth-order valence-electron chi connectivity index (χ4n) is 3.63. The first-order chi connectivity index (χ1) is 15.0. The molecule has 2 N–H and O–H groups in total. The highest BCUT2D eigenvalue weighted by Crippen LogP contribution is 2.27. The van der Waals surface area contributed by atoms with Crippen molar-refractivity contribution in [3.63, 3.8) is 0 Å². The minimum atomic E-state index is -0.262. The van der Waals surface area contributed by atoms with Gasteiger partial charge in [-0.05, 0) is 31.4 Å². The quantitative estimate of drug-likeness (QED) is 0.520. The van der Waals surface area contributed by atoms with Crippen LogP contribution >= 0.6 is 0 Å². The number of likely N-dealkylation sites (N-methyl/N-ethyl adjacent to an activating group) is 1. The Morgan fingerprint density at radius 2 is 2.00 bits per heavy atom. The molecule has 0 aliphatic carbocycles. The zero-order valence-electron chi connectivity index (χ0n) is 18.6. The van der Waals surface area contributed by atoms with Crippen LogP contribution in [0.15, 0.2) is 29.3 Å². The van der Waals surface area contributed by atoms with Crippen molar-refractivity contribution in [2.75, 3.05) is 46.9 Å². The maximum Gasteiger partial charge on any atom is 0.409 e. The minimum Gasteiger partial charge on any atom is -0.488 e. The maximum atomic E-state index is 12.0. The lowest BCUT2D eigenvalue weighted by atomic mass is 10.1. The number of amides is 2. The van der Waals surface area contributed by atoms with Crippen molar-refractivity contribution in [1.29, 1.82) is 0 Å². The third-order valence-corrected chi connectivity index (χ3v) is 5.44.